The summed E-state index contributed by atoms with van der Waals surface area (Å²) in [4.78, 5) is 7.74. The van der Waals surface area contributed by atoms with Crippen LogP contribution in [0.25, 0.3) is 0 Å². The average Bonchev–Trinajstić information content (AvgIpc) is 3.10. The Hall–Kier alpha value is -1.17. The minimum Gasteiger partial charge on any atom is -0.375 e. The van der Waals surface area contributed by atoms with Gasteiger partial charge in [0.15, 0.2) is 5.13 Å². The second kappa shape index (κ2) is 7.90. The number of hydrogen-bond acceptors (Lipinski definition) is 4. The van der Waals surface area contributed by atoms with Gasteiger partial charge in [-0.1, -0.05) is 25.0 Å². The SMILES string of the molecule is Cl.Nc1ncc(CN(Cc2cccc(F)c2)C2CCCC2)s1. The van der Waals surface area contributed by atoms with Crippen LogP contribution < -0.4 is 5.73 Å². The summed E-state index contributed by atoms with van der Waals surface area (Å²) in [5, 5.41) is 0.613. The van der Waals surface area contributed by atoms with Crippen molar-refractivity contribution in [3.63, 3.8) is 0 Å². The first-order valence-corrected chi connectivity index (χ1v) is 8.21. The first kappa shape index (κ1) is 17.2. The van der Waals surface area contributed by atoms with E-state index in [9.17, 15) is 4.39 Å². The van der Waals surface area contributed by atoms with Gasteiger partial charge in [-0.3, -0.25) is 4.90 Å². The van der Waals surface area contributed by atoms with E-state index < -0.39 is 0 Å². The van der Waals surface area contributed by atoms with Gasteiger partial charge in [0.1, 0.15) is 5.82 Å². The Balaban J connectivity index is 0.00000176. The summed E-state index contributed by atoms with van der Waals surface area (Å²) in [7, 11) is 0. The highest BCUT2D eigenvalue weighted by molar-refractivity contribution is 7.15. The zero-order valence-corrected chi connectivity index (χ0v) is 14.0. The highest BCUT2D eigenvalue weighted by Crippen LogP contribution is 2.28. The van der Waals surface area contributed by atoms with E-state index in [1.807, 2.05) is 12.3 Å². The molecule has 0 unspecified atom stereocenters. The summed E-state index contributed by atoms with van der Waals surface area (Å²) < 4.78 is 13.4. The van der Waals surface area contributed by atoms with Gasteiger partial charge in [0.2, 0.25) is 0 Å². The minimum atomic E-state index is -0.166. The van der Waals surface area contributed by atoms with E-state index in [0.717, 1.165) is 18.7 Å². The number of hydrogen-bond donors (Lipinski definition) is 1. The molecule has 22 heavy (non-hydrogen) atoms. The van der Waals surface area contributed by atoms with Crippen molar-refractivity contribution < 1.29 is 4.39 Å². The fourth-order valence-corrected chi connectivity index (χ4v) is 3.76. The molecule has 6 heteroatoms. The molecule has 1 heterocycles. The van der Waals surface area contributed by atoms with Gasteiger partial charge in [-0.15, -0.1) is 23.7 Å². The number of halogens is 2. The zero-order valence-electron chi connectivity index (χ0n) is 12.4. The van der Waals surface area contributed by atoms with Gasteiger partial charge in [-0.25, -0.2) is 9.37 Å². The zero-order chi connectivity index (χ0) is 14.7. The van der Waals surface area contributed by atoms with Gasteiger partial charge in [0.05, 0.1) is 0 Å². The van der Waals surface area contributed by atoms with Crippen molar-refractivity contribution in [3.8, 4) is 0 Å². The number of nitrogens with two attached hydrogens (primary N) is 1. The van der Waals surface area contributed by atoms with E-state index in [1.165, 1.54) is 48.0 Å². The molecule has 1 aromatic heterocycles. The Bertz CT molecular complexity index is 599. The fourth-order valence-electron chi connectivity index (χ4n) is 3.05. The van der Waals surface area contributed by atoms with E-state index in [-0.39, 0.29) is 18.2 Å². The predicted molar refractivity (Wildman–Crippen MR) is 91.7 cm³/mol. The van der Waals surface area contributed by atoms with Crippen molar-refractivity contribution >= 4 is 28.9 Å². The first-order valence-electron chi connectivity index (χ1n) is 7.39. The molecule has 1 aromatic carbocycles. The third-order valence-electron chi connectivity index (χ3n) is 4.05. The van der Waals surface area contributed by atoms with E-state index in [2.05, 4.69) is 9.88 Å². The van der Waals surface area contributed by atoms with E-state index >= 15 is 0 Å². The number of nitrogen functional groups attached to an aromatic ring is 1. The molecule has 3 rings (SSSR count). The molecule has 1 aliphatic carbocycles. The van der Waals surface area contributed by atoms with Crippen LogP contribution >= 0.6 is 23.7 Å². The number of nitrogens with zero attached hydrogens (tertiary/aromatic N) is 2. The molecule has 0 radical (unpaired) electrons. The lowest BCUT2D eigenvalue weighted by atomic mass is 10.1. The Kier molecular flexibility index (Phi) is 6.17. The molecule has 0 amide bonds. The molecule has 1 fully saturated rings. The van der Waals surface area contributed by atoms with Crippen LogP contribution in [0.5, 0.6) is 0 Å². The molecule has 0 saturated heterocycles. The highest BCUT2D eigenvalue weighted by atomic mass is 35.5. The highest BCUT2D eigenvalue weighted by Gasteiger charge is 2.23. The molecule has 120 valence electrons. The predicted octanol–water partition coefficient (Wildman–Crippen LogP) is 4.23. The van der Waals surface area contributed by atoms with E-state index in [1.54, 1.807) is 12.1 Å². The van der Waals surface area contributed by atoms with Crippen LogP contribution in [0.1, 0.15) is 36.1 Å². The van der Waals surface area contributed by atoms with Crippen molar-refractivity contribution in [2.24, 2.45) is 0 Å². The topological polar surface area (TPSA) is 42.1 Å². The van der Waals surface area contributed by atoms with Crippen LogP contribution in [0.3, 0.4) is 0 Å². The lowest BCUT2D eigenvalue weighted by Crippen LogP contribution is -2.32. The number of thiazole rings is 1. The third kappa shape index (κ3) is 4.41. The Morgan fingerprint density at radius 3 is 2.68 bits per heavy atom. The van der Waals surface area contributed by atoms with Gasteiger partial charge in [0, 0.05) is 30.2 Å². The Labute approximate surface area is 140 Å². The quantitative estimate of drug-likeness (QED) is 0.884. The first-order chi connectivity index (χ1) is 10.2. The summed E-state index contributed by atoms with van der Waals surface area (Å²) in [6, 6.07) is 7.47. The summed E-state index contributed by atoms with van der Waals surface area (Å²) in [5.74, 6) is -0.166. The van der Waals surface area contributed by atoms with Gasteiger partial charge < -0.3 is 5.73 Å². The standard InChI is InChI=1S/C16H20FN3S.ClH/c17-13-5-3-4-12(8-13)10-20(14-6-1-2-7-14)11-15-9-19-16(18)21-15;/h3-5,8-9,14H,1-2,6-7,10-11H2,(H2,18,19);1H. The molecular formula is C16H21ClFN3S. The summed E-state index contributed by atoms with van der Waals surface area (Å²) >= 11 is 1.54. The molecule has 2 aromatic rings. The molecule has 0 bridgehead atoms. The van der Waals surface area contributed by atoms with Crippen molar-refractivity contribution in [3.05, 3.63) is 46.7 Å². The Morgan fingerprint density at radius 2 is 2.05 bits per heavy atom. The largest absolute Gasteiger partial charge is 0.375 e. The second-order valence-electron chi connectivity index (χ2n) is 5.64. The van der Waals surface area contributed by atoms with Gasteiger partial charge in [-0.2, -0.15) is 0 Å². The minimum absolute atomic E-state index is 0. The van der Waals surface area contributed by atoms with Crippen LogP contribution in [0, 0.1) is 5.82 Å². The maximum atomic E-state index is 13.4. The lowest BCUT2D eigenvalue weighted by Gasteiger charge is -2.28. The van der Waals surface area contributed by atoms with Crippen LogP contribution in [-0.4, -0.2) is 15.9 Å². The molecule has 1 saturated carbocycles. The van der Waals surface area contributed by atoms with Crippen LogP contribution in [0.2, 0.25) is 0 Å². The van der Waals surface area contributed by atoms with Crippen LogP contribution in [0.4, 0.5) is 9.52 Å². The maximum Gasteiger partial charge on any atom is 0.180 e. The molecule has 0 aliphatic heterocycles. The van der Waals surface area contributed by atoms with Crippen molar-refractivity contribution in [2.45, 2.75) is 44.8 Å². The fraction of sp³-hybridized carbons (Fsp3) is 0.438. The molecule has 0 atom stereocenters. The monoisotopic (exact) mass is 341 g/mol. The number of benzene rings is 1. The van der Waals surface area contributed by atoms with Crippen molar-refractivity contribution in [1.82, 2.24) is 9.88 Å². The van der Waals surface area contributed by atoms with Gasteiger partial charge in [-0.05, 0) is 30.5 Å². The Morgan fingerprint density at radius 1 is 1.27 bits per heavy atom. The molecule has 3 nitrogen and oxygen atoms in total. The normalized spacial score (nSPS) is 15.2. The van der Waals surface area contributed by atoms with Crippen molar-refractivity contribution in [1.29, 1.82) is 0 Å². The van der Waals surface area contributed by atoms with E-state index in [4.69, 9.17) is 5.73 Å². The molecule has 1 aliphatic rings. The van der Waals surface area contributed by atoms with Crippen LogP contribution in [0.15, 0.2) is 30.5 Å². The third-order valence-corrected chi connectivity index (χ3v) is 4.86. The van der Waals surface area contributed by atoms with Gasteiger partial charge in [0.25, 0.3) is 0 Å². The summed E-state index contributed by atoms with van der Waals surface area (Å²) in [5.41, 5.74) is 6.75. The molecular weight excluding hydrogens is 321 g/mol. The summed E-state index contributed by atoms with van der Waals surface area (Å²) in [6.07, 6.45) is 6.88. The molecule has 0 spiro atoms. The number of rotatable bonds is 5. The number of aromatic nitrogens is 1. The second-order valence-corrected chi connectivity index (χ2v) is 6.78. The maximum absolute atomic E-state index is 13.4. The van der Waals surface area contributed by atoms with Crippen molar-refractivity contribution in [2.75, 3.05) is 5.73 Å². The van der Waals surface area contributed by atoms with Gasteiger partial charge >= 0.3 is 0 Å². The summed E-state index contributed by atoms with van der Waals surface area (Å²) in [6.45, 7) is 1.62. The molecule has 2 N–H and O–H groups in total. The van der Waals surface area contributed by atoms with E-state index in [0.29, 0.717) is 11.2 Å². The average molecular weight is 342 g/mol. The lowest BCUT2D eigenvalue weighted by molar-refractivity contribution is 0.182. The number of anilines is 1. The smallest absolute Gasteiger partial charge is 0.180 e. The van der Waals surface area contributed by atoms with Crippen LogP contribution in [-0.2, 0) is 13.1 Å².